The average Bonchev–Trinajstić information content (AvgIpc) is 2.97. The predicted octanol–water partition coefficient (Wildman–Crippen LogP) is 2.80. The second-order valence-electron chi connectivity index (χ2n) is 9.14. The smallest absolute Gasteiger partial charge is 0.256 e. The van der Waals surface area contributed by atoms with Crippen LogP contribution < -0.4 is 24.8 Å². The van der Waals surface area contributed by atoms with Crippen molar-refractivity contribution in [3.8, 4) is 28.6 Å². The van der Waals surface area contributed by atoms with Crippen LogP contribution in [0.5, 0.6) is 17.5 Å². The van der Waals surface area contributed by atoms with Gasteiger partial charge in [0.2, 0.25) is 11.8 Å². The molecule has 38 heavy (non-hydrogen) atoms. The lowest BCUT2D eigenvalue weighted by atomic mass is 9.93. The zero-order valence-corrected chi connectivity index (χ0v) is 21.4. The van der Waals surface area contributed by atoms with Crippen molar-refractivity contribution < 1.29 is 28.5 Å². The van der Waals surface area contributed by atoms with Crippen LogP contribution in [0.4, 0.5) is 0 Å². The van der Waals surface area contributed by atoms with Gasteiger partial charge in [-0.1, -0.05) is 12.1 Å². The van der Waals surface area contributed by atoms with E-state index in [2.05, 4.69) is 20.6 Å². The molecule has 2 aromatic heterocycles. The number of fused-ring (bicyclic) bond motifs is 1. The lowest BCUT2D eigenvalue weighted by Gasteiger charge is -2.28. The fourth-order valence-corrected chi connectivity index (χ4v) is 4.65. The summed E-state index contributed by atoms with van der Waals surface area (Å²) in [6, 6.07) is 10.7. The zero-order valence-electron chi connectivity index (χ0n) is 21.4. The van der Waals surface area contributed by atoms with E-state index in [1.165, 1.54) is 13.3 Å². The third-order valence-corrected chi connectivity index (χ3v) is 6.64. The Morgan fingerprint density at radius 1 is 1.05 bits per heavy atom. The number of aromatic nitrogens is 2. The maximum Gasteiger partial charge on any atom is 0.256 e. The highest BCUT2D eigenvalue weighted by Gasteiger charge is 2.26. The molecule has 1 saturated heterocycles. The molecule has 2 amide bonds. The molecule has 4 heterocycles. The second kappa shape index (κ2) is 11.5. The van der Waals surface area contributed by atoms with Crippen molar-refractivity contribution in [1.29, 1.82) is 0 Å². The number of amides is 2. The maximum atomic E-state index is 13.0. The van der Waals surface area contributed by atoms with Gasteiger partial charge in [-0.15, -0.1) is 0 Å². The summed E-state index contributed by atoms with van der Waals surface area (Å²) < 4.78 is 22.5. The van der Waals surface area contributed by atoms with Gasteiger partial charge in [0.05, 0.1) is 31.9 Å². The number of nitrogens with one attached hydrogen (secondary N) is 2. The van der Waals surface area contributed by atoms with Gasteiger partial charge in [0.1, 0.15) is 24.0 Å². The number of hydrogen-bond acceptors (Lipinski definition) is 8. The van der Waals surface area contributed by atoms with Crippen LogP contribution in [0.2, 0.25) is 0 Å². The van der Waals surface area contributed by atoms with Crippen LogP contribution in [0.1, 0.15) is 39.1 Å². The Hall–Kier alpha value is -4.18. The lowest BCUT2D eigenvalue weighted by Crippen LogP contribution is -2.42. The molecule has 0 bridgehead atoms. The van der Waals surface area contributed by atoms with Gasteiger partial charge in [-0.25, -0.2) is 9.97 Å². The van der Waals surface area contributed by atoms with Crippen molar-refractivity contribution in [3.63, 3.8) is 0 Å². The number of hydrogen-bond donors (Lipinski definition) is 2. The van der Waals surface area contributed by atoms with Crippen molar-refractivity contribution in [1.82, 2.24) is 20.6 Å². The molecule has 2 aliphatic rings. The highest BCUT2D eigenvalue weighted by atomic mass is 16.5. The van der Waals surface area contributed by atoms with E-state index in [0.717, 1.165) is 35.3 Å². The first-order chi connectivity index (χ1) is 18.6. The predicted molar refractivity (Wildman–Crippen MR) is 139 cm³/mol. The van der Waals surface area contributed by atoms with Gasteiger partial charge in [0.25, 0.3) is 11.8 Å². The molecule has 0 spiro atoms. The number of ether oxygens (including phenoxy) is 4. The Kier molecular flexibility index (Phi) is 7.69. The molecule has 3 aromatic rings. The summed E-state index contributed by atoms with van der Waals surface area (Å²) in [5, 5.41) is 5.67. The van der Waals surface area contributed by atoms with Crippen molar-refractivity contribution in [2.24, 2.45) is 0 Å². The number of methoxy groups -OCH3 is 1. The summed E-state index contributed by atoms with van der Waals surface area (Å²) in [4.78, 5) is 34.0. The Morgan fingerprint density at radius 2 is 1.89 bits per heavy atom. The summed E-state index contributed by atoms with van der Waals surface area (Å²) in [7, 11) is 3.03. The lowest BCUT2D eigenvalue weighted by molar-refractivity contribution is 0.0237. The SMILES string of the molecule is CNC(=O)c1cc(-c2cccc3c2C[C@H](NC(=O)c2ccc(OC4CCOCC4)nc2)CO3)cnc1OC. The van der Waals surface area contributed by atoms with Crippen molar-refractivity contribution in [3.05, 3.63) is 65.5 Å². The first kappa shape index (κ1) is 25.5. The van der Waals surface area contributed by atoms with E-state index < -0.39 is 0 Å². The molecule has 1 fully saturated rings. The molecule has 2 aliphatic heterocycles. The van der Waals surface area contributed by atoms with Crippen LogP contribution in [0.3, 0.4) is 0 Å². The highest BCUT2D eigenvalue weighted by molar-refractivity contribution is 5.97. The molecule has 1 atom stereocenters. The Balaban J connectivity index is 1.29. The molecule has 0 aliphatic carbocycles. The van der Waals surface area contributed by atoms with Crippen LogP contribution in [0.15, 0.2) is 48.8 Å². The number of rotatable bonds is 7. The van der Waals surface area contributed by atoms with Crippen LogP contribution in [-0.2, 0) is 11.2 Å². The van der Waals surface area contributed by atoms with E-state index >= 15 is 0 Å². The molecule has 5 rings (SSSR count). The summed E-state index contributed by atoms with van der Waals surface area (Å²) >= 11 is 0. The largest absolute Gasteiger partial charge is 0.491 e. The van der Waals surface area contributed by atoms with Crippen LogP contribution >= 0.6 is 0 Å². The van der Waals surface area contributed by atoms with Gasteiger partial charge in [-0.3, -0.25) is 9.59 Å². The van der Waals surface area contributed by atoms with E-state index in [9.17, 15) is 9.59 Å². The molecule has 0 saturated carbocycles. The molecule has 0 radical (unpaired) electrons. The van der Waals surface area contributed by atoms with Crippen LogP contribution in [0.25, 0.3) is 11.1 Å². The van der Waals surface area contributed by atoms with Gasteiger partial charge in [0.15, 0.2) is 0 Å². The molecular formula is C28H30N4O6. The Morgan fingerprint density at radius 3 is 2.63 bits per heavy atom. The summed E-state index contributed by atoms with van der Waals surface area (Å²) in [5.41, 5.74) is 3.33. The quantitative estimate of drug-likeness (QED) is 0.490. The fraction of sp³-hybridized carbons (Fsp3) is 0.357. The maximum absolute atomic E-state index is 13.0. The van der Waals surface area contributed by atoms with Gasteiger partial charge < -0.3 is 29.6 Å². The average molecular weight is 519 g/mol. The molecule has 10 nitrogen and oxygen atoms in total. The minimum atomic E-state index is -0.292. The van der Waals surface area contributed by atoms with Gasteiger partial charge in [0, 0.05) is 55.9 Å². The van der Waals surface area contributed by atoms with Gasteiger partial charge in [-0.05, 0) is 23.8 Å². The molecular weight excluding hydrogens is 488 g/mol. The van der Waals surface area contributed by atoms with Crippen molar-refractivity contribution in [2.45, 2.75) is 31.4 Å². The number of carbonyl (C=O) groups excluding carboxylic acids is 2. The minimum absolute atomic E-state index is 0.0814. The third-order valence-electron chi connectivity index (χ3n) is 6.64. The zero-order chi connectivity index (χ0) is 26.5. The standard InChI is InChI=1S/C28H30N4O6/c1-29-27(34)23-12-18(15-31-28(23)35-2)21-4-3-5-24-22(21)13-19(16-37-24)32-26(33)17-6-7-25(30-14-17)38-20-8-10-36-11-9-20/h3-7,12,14-15,19-20H,8-11,13,16H2,1-2H3,(H,29,34)(H,32,33)/t19-/m0/s1. The van der Waals surface area contributed by atoms with Crippen LogP contribution in [0, 0.1) is 0 Å². The first-order valence-electron chi connectivity index (χ1n) is 12.6. The van der Waals surface area contributed by atoms with E-state index in [1.54, 1.807) is 31.4 Å². The molecule has 0 unspecified atom stereocenters. The van der Waals surface area contributed by atoms with Crippen molar-refractivity contribution in [2.75, 3.05) is 34.0 Å². The van der Waals surface area contributed by atoms with E-state index in [0.29, 0.717) is 43.2 Å². The first-order valence-corrected chi connectivity index (χ1v) is 12.6. The summed E-state index contributed by atoms with van der Waals surface area (Å²) in [6.45, 7) is 1.71. The highest BCUT2D eigenvalue weighted by Crippen LogP contribution is 2.35. The minimum Gasteiger partial charge on any atom is -0.491 e. The van der Waals surface area contributed by atoms with Gasteiger partial charge >= 0.3 is 0 Å². The van der Waals surface area contributed by atoms with Crippen molar-refractivity contribution >= 4 is 11.8 Å². The summed E-state index contributed by atoms with van der Waals surface area (Å²) in [5.74, 6) is 0.953. The molecule has 1 aromatic carbocycles. The molecule has 2 N–H and O–H groups in total. The summed E-state index contributed by atoms with van der Waals surface area (Å²) in [6.07, 6.45) is 5.48. The fourth-order valence-electron chi connectivity index (χ4n) is 4.65. The Bertz CT molecular complexity index is 1310. The normalized spacial score (nSPS) is 17.1. The van der Waals surface area contributed by atoms with E-state index in [-0.39, 0.29) is 29.8 Å². The third kappa shape index (κ3) is 5.55. The number of pyridine rings is 2. The second-order valence-corrected chi connectivity index (χ2v) is 9.14. The number of benzene rings is 1. The number of carbonyl (C=O) groups is 2. The Labute approximate surface area is 220 Å². The van der Waals surface area contributed by atoms with E-state index in [4.69, 9.17) is 18.9 Å². The van der Waals surface area contributed by atoms with Crippen LogP contribution in [-0.4, -0.2) is 67.9 Å². The number of nitrogens with zero attached hydrogens (tertiary/aromatic N) is 2. The molecule has 198 valence electrons. The van der Waals surface area contributed by atoms with Gasteiger partial charge in [-0.2, -0.15) is 0 Å². The monoisotopic (exact) mass is 518 g/mol. The van der Waals surface area contributed by atoms with E-state index in [1.807, 2.05) is 18.2 Å². The topological polar surface area (TPSA) is 121 Å². The molecule has 10 heteroatoms.